The van der Waals surface area contributed by atoms with Crippen molar-refractivity contribution in [1.29, 1.82) is 0 Å². The Morgan fingerprint density at radius 1 is 1.38 bits per heavy atom. The Kier molecular flexibility index (Phi) is 4.30. The first-order chi connectivity index (χ1) is 11.7. The molecule has 0 aliphatic carbocycles. The number of rotatable bonds is 2. The van der Waals surface area contributed by atoms with Crippen LogP contribution in [0.5, 0.6) is 11.5 Å². The van der Waals surface area contributed by atoms with Crippen molar-refractivity contribution >= 4 is 21.9 Å². The van der Waals surface area contributed by atoms with Crippen LogP contribution in [0.1, 0.15) is 18.4 Å². The minimum atomic E-state index is 0.282. The van der Waals surface area contributed by atoms with Gasteiger partial charge in [0, 0.05) is 38.7 Å². The number of hydrogen-bond acceptors (Lipinski definition) is 4. The smallest absolute Gasteiger partial charge is 0.231 e. The van der Waals surface area contributed by atoms with Gasteiger partial charge in [0.15, 0.2) is 17.5 Å². The summed E-state index contributed by atoms with van der Waals surface area (Å²) in [5.74, 6) is 2.53. The summed E-state index contributed by atoms with van der Waals surface area (Å²) in [4.78, 5) is 6.80. The van der Waals surface area contributed by atoms with Gasteiger partial charge in [-0.2, -0.15) is 0 Å². The van der Waals surface area contributed by atoms with Gasteiger partial charge in [-0.25, -0.2) is 0 Å². The molecule has 0 amide bonds. The fourth-order valence-corrected chi connectivity index (χ4v) is 4.33. The van der Waals surface area contributed by atoms with Crippen LogP contribution in [-0.4, -0.2) is 51.0 Å². The van der Waals surface area contributed by atoms with Crippen LogP contribution in [0.25, 0.3) is 0 Å². The van der Waals surface area contributed by atoms with Crippen molar-refractivity contribution in [1.82, 2.24) is 10.2 Å². The highest BCUT2D eigenvalue weighted by Gasteiger charge is 2.42. The highest BCUT2D eigenvalue weighted by Crippen LogP contribution is 2.40. The molecule has 1 unspecified atom stereocenters. The Morgan fingerprint density at radius 3 is 3.08 bits per heavy atom. The maximum absolute atomic E-state index is 5.61. The predicted molar refractivity (Wildman–Crippen MR) is 94.5 cm³/mol. The van der Waals surface area contributed by atoms with E-state index in [9.17, 15) is 0 Å². The first-order valence-corrected chi connectivity index (χ1v) is 9.10. The van der Waals surface area contributed by atoms with Crippen LogP contribution in [0.4, 0.5) is 0 Å². The number of aliphatic imine (C=N–C) groups is 1. The molecule has 2 saturated heterocycles. The lowest BCUT2D eigenvalue weighted by atomic mass is 9.87. The number of halogens is 1. The molecule has 7 heteroatoms. The zero-order chi connectivity index (χ0) is 16.6. The minimum absolute atomic E-state index is 0.282. The molecule has 3 aliphatic rings. The van der Waals surface area contributed by atoms with Crippen molar-refractivity contribution in [2.45, 2.75) is 19.4 Å². The normalized spacial score (nSPS) is 25.8. The van der Waals surface area contributed by atoms with Crippen molar-refractivity contribution in [3.05, 3.63) is 22.2 Å². The van der Waals surface area contributed by atoms with E-state index >= 15 is 0 Å². The van der Waals surface area contributed by atoms with Gasteiger partial charge in [-0.1, -0.05) is 0 Å². The van der Waals surface area contributed by atoms with E-state index in [-0.39, 0.29) is 6.79 Å². The quantitative estimate of drug-likeness (QED) is 0.615. The van der Waals surface area contributed by atoms with E-state index in [4.69, 9.17) is 14.2 Å². The molecule has 0 bridgehead atoms. The molecule has 1 atom stereocenters. The highest BCUT2D eigenvalue weighted by atomic mass is 79.9. The number of fused-ring (bicyclic) bond motifs is 1. The third kappa shape index (κ3) is 2.95. The second kappa shape index (κ2) is 6.44. The molecule has 1 N–H and O–H groups in total. The Bertz CT molecular complexity index is 659. The molecule has 0 aromatic heterocycles. The van der Waals surface area contributed by atoms with Crippen LogP contribution in [0, 0.1) is 5.41 Å². The van der Waals surface area contributed by atoms with E-state index in [1.807, 2.05) is 13.1 Å². The fourth-order valence-electron chi connectivity index (χ4n) is 3.72. The summed E-state index contributed by atoms with van der Waals surface area (Å²) in [6.45, 7) is 4.82. The largest absolute Gasteiger partial charge is 0.454 e. The number of hydrogen-bond donors (Lipinski definition) is 1. The van der Waals surface area contributed by atoms with E-state index in [1.54, 1.807) is 0 Å². The molecule has 1 spiro atoms. The number of nitrogens with one attached hydrogen (secondary N) is 1. The molecule has 130 valence electrons. The summed E-state index contributed by atoms with van der Waals surface area (Å²) in [6.07, 6.45) is 2.35. The molecule has 2 fully saturated rings. The third-order valence-corrected chi connectivity index (χ3v) is 5.66. The average molecular weight is 396 g/mol. The van der Waals surface area contributed by atoms with E-state index in [1.165, 1.54) is 6.42 Å². The topological polar surface area (TPSA) is 55.3 Å². The first-order valence-electron chi connectivity index (χ1n) is 8.30. The monoisotopic (exact) mass is 395 g/mol. The van der Waals surface area contributed by atoms with Gasteiger partial charge in [0.2, 0.25) is 6.79 Å². The van der Waals surface area contributed by atoms with Crippen molar-refractivity contribution in [3.63, 3.8) is 0 Å². The zero-order valence-corrected chi connectivity index (χ0v) is 15.4. The lowest BCUT2D eigenvalue weighted by molar-refractivity contribution is 0.156. The van der Waals surface area contributed by atoms with E-state index in [2.05, 4.69) is 37.2 Å². The van der Waals surface area contributed by atoms with Gasteiger partial charge in [-0.05, 0) is 46.5 Å². The first kappa shape index (κ1) is 16.0. The lowest BCUT2D eigenvalue weighted by Crippen LogP contribution is -2.41. The Balaban J connectivity index is 1.40. The second-order valence-corrected chi connectivity index (χ2v) is 7.54. The molecule has 24 heavy (non-hydrogen) atoms. The molecule has 0 saturated carbocycles. The van der Waals surface area contributed by atoms with E-state index in [0.717, 1.165) is 60.2 Å². The van der Waals surface area contributed by atoms with Crippen molar-refractivity contribution < 1.29 is 14.2 Å². The Hall–Kier alpha value is -1.47. The van der Waals surface area contributed by atoms with Gasteiger partial charge in [0.05, 0.1) is 11.1 Å². The number of nitrogens with zero attached hydrogens (tertiary/aromatic N) is 2. The molecular weight excluding hydrogens is 374 g/mol. The molecule has 3 heterocycles. The van der Waals surface area contributed by atoms with Crippen LogP contribution in [0.15, 0.2) is 21.6 Å². The summed E-state index contributed by atoms with van der Waals surface area (Å²) in [7, 11) is 1.84. The summed E-state index contributed by atoms with van der Waals surface area (Å²) < 4.78 is 17.4. The number of likely N-dealkylation sites (tertiary alicyclic amines) is 1. The maximum atomic E-state index is 5.61. The SMILES string of the molecule is CN=C(NCc1cc(Br)c2c(c1)OCO2)N1CCC2(CCOC2)C1. The maximum Gasteiger partial charge on any atom is 0.231 e. The van der Waals surface area contributed by atoms with Gasteiger partial charge < -0.3 is 24.4 Å². The molecule has 3 aliphatic heterocycles. The minimum Gasteiger partial charge on any atom is -0.454 e. The highest BCUT2D eigenvalue weighted by molar-refractivity contribution is 9.10. The van der Waals surface area contributed by atoms with Crippen LogP contribution in [0.2, 0.25) is 0 Å². The van der Waals surface area contributed by atoms with E-state index in [0.29, 0.717) is 12.0 Å². The number of ether oxygens (including phenoxy) is 3. The average Bonchev–Trinajstić information content (AvgIpc) is 3.31. The Labute approximate surface area is 150 Å². The van der Waals surface area contributed by atoms with Gasteiger partial charge in [0.1, 0.15) is 0 Å². The second-order valence-electron chi connectivity index (χ2n) is 6.69. The zero-order valence-electron chi connectivity index (χ0n) is 13.8. The van der Waals surface area contributed by atoms with Gasteiger partial charge >= 0.3 is 0 Å². The van der Waals surface area contributed by atoms with Crippen LogP contribution in [0.3, 0.4) is 0 Å². The fraction of sp³-hybridized carbons (Fsp3) is 0.588. The molecular formula is C17H22BrN3O3. The van der Waals surface area contributed by atoms with Crippen molar-refractivity contribution in [2.75, 3.05) is 40.1 Å². The van der Waals surface area contributed by atoms with Gasteiger partial charge in [-0.15, -0.1) is 0 Å². The molecule has 4 rings (SSSR count). The Morgan fingerprint density at radius 2 is 2.29 bits per heavy atom. The van der Waals surface area contributed by atoms with Crippen LogP contribution >= 0.6 is 15.9 Å². The predicted octanol–water partition coefficient (Wildman–Crippen LogP) is 2.37. The summed E-state index contributed by atoms with van der Waals surface area (Å²) in [5, 5.41) is 3.47. The van der Waals surface area contributed by atoms with Crippen LogP contribution < -0.4 is 14.8 Å². The summed E-state index contributed by atoms with van der Waals surface area (Å²) in [5.41, 5.74) is 1.46. The standard InChI is InChI=1S/C17H22BrN3O3/c1-19-16(21-4-2-17(9-21)3-5-22-10-17)20-8-12-6-13(18)15-14(7-12)23-11-24-15/h6-7H,2-5,8-11H2,1H3,(H,19,20). The number of guanidine groups is 1. The van der Waals surface area contributed by atoms with Crippen molar-refractivity contribution in [2.24, 2.45) is 10.4 Å². The van der Waals surface area contributed by atoms with Crippen molar-refractivity contribution in [3.8, 4) is 11.5 Å². The van der Waals surface area contributed by atoms with Gasteiger partial charge in [0.25, 0.3) is 0 Å². The molecule has 0 radical (unpaired) electrons. The van der Waals surface area contributed by atoms with Crippen LogP contribution in [-0.2, 0) is 11.3 Å². The lowest BCUT2D eigenvalue weighted by Gasteiger charge is -2.25. The summed E-state index contributed by atoms with van der Waals surface area (Å²) in [6, 6.07) is 4.08. The molecule has 1 aromatic carbocycles. The molecule has 1 aromatic rings. The summed E-state index contributed by atoms with van der Waals surface area (Å²) >= 11 is 3.54. The molecule has 6 nitrogen and oxygen atoms in total. The van der Waals surface area contributed by atoms with Gasteiger partial charge in [-0.3, -0.25) is 4.99 Å². The number of benzene rings is 1. The third-order valence-electron chi connectivity index (χ3n) is 5.07. The van der Waals surface area contributed by atoms with E-state index < -0.39 is 0 Å².